The molecule has 0 unspecified atom stereocenters. The molecule has 0 radical (unpaired) electrons. The molecule has 0 aromatic carbocycles. The van der Waals surface area contributed by atoms with Crippen molar-refractivity contribution in [2.45, 2.75) is 0 Å². The normalized spacial score (nSPS) is 11.2. The monoisotopic (exact) mass is 473 g/mol. The van der Waals surface area contributed by atoms with Gasteiger partial charge in [-0.15, -0.1) is 56.7 Å². The molecule has 5 aromatic heterocycles. The van der Waals surface area contributed by atoms with Crippen LogP contribution in [-0.4, -0.2) is 17.3 Å². The van der Waals surface area contributed by atoms with Crippen LogP contribution in [0.15, 0.2) is 53.9 Å². The predicted molar refractivity (Wildman–Crippen MR) is 130 cm³/mol. The van der Waals surface area contributed by atoms with Crippen molar-refractivity contribution >= 4 is 61.7 Å². The van der Waals surface area contributed by atoms with Gasteiger partial charge < -0.3 is 15.5 Å². The summed E-state index contributed by atoms with van der Waals surface area (Å²) in [7, 11) is 1.73. The average Bonchev–Trinajstić information content (AvgIpc) is 3.52. The fraction of sp³-hybridized carbons (Fsp3) is 0.0476. The van der Waals surface area contributed by atoms with E-state index in [1.54, 1.807) is 41.1 Å². The van der Waals surface area contributed by atoms with E-state index >= 15 is 0 Å². The molecule has 3 N–H and O–H groups in total. The number of aromatic hydroxyl groups is 2. The molecule has 0 aliphatic heterocycles. The SMILES string of the molecule is CNc1sc(-c2ccc(-c3ccc(-c4ccc(-c5cccs5)s4)s3)s2)c(O)c1O. The van der Waals surface area contributed by atoms with E-state index in [4.69, 9.17) is 0 Å². The first-order valence-corrected chi connectivity index (χ1v) is 12.9. The van der Waals surface area contributed by atoms with Crippen molar-refractivity contribution in [1.82, 2.24) is 0 Å². The molecule has 5 rings (SSSR count). The minimum Gasteiger partial charge on any atom is -0.503 e. The lowest BCUT2D eigenvalue weighted by atomic mass is 10.3. The summed E-state index contributed by atoms with van der Waals surface area (Å²) >= 11 is 8.35. The molecule has 0 atom stereocenters. The van der Waals surface area contributed by atoms with Crippen LogP contribution in [0, 0.1) is 0 Å². The van der Waals surface area contributed by atoms with E-state index in [0.717, 1.165) is 9.75 Å². The van der Waals surface area contributed by atoms with Crippen LogP contribution >= 0.6 is 56.7 Å². The van der Waals surface area contributed by atoms with Gasteiger partial charge in [0.1, 0.15) is 5.00 Å². The lowest BCUT2D eigenvalue weighted by Gasteiger charge is -1.94. The van der Waals surface area contributed by atoms with Crippen LogP contribution < -0.4 is 5.32 Å². The summed E-state index contributed by atoms with van der Waals surface area (Å²) in [6.07, 6.45) is 0. The third-order valence-electron chi connectivity index (χ3n) is 4.38. The van der Waals surface area contributed by atoms with Crippen molar-refractivity contribution in [3.05, 3.63) is 53.9 Å². The molecule has 0 saturated heterocycles. The van der Waals surface area contributed by atoms with Gasteiger partial charge >= 0.3 is 0 Å². The van der Waals surface area contributed by atoms with E-state index in [2.05, 4.69) is 53.2 Å². The fourth-order valence-electron chi connectivity index (χ4n) is 2.97. The maximum Gasteiger partial charge on any atom is 0.193 e. The van der Waals surface area contributed by atoms with Crippen LogP contribution in [0.25, 0.3) is 39.0 Å². The smallest absolute Gasteiger partial charge is 0.193 e. The summed E-state index contributed by atoms with van der Waals surface area (Å²) in [6, 6.07) is 17.1. The second kappa shape index (κ2) is 7.62. The Hall–Kier alpha value is -2.10. The first-order chi connectivity index (χ1) is 14.1. The molecule has 0 saturated carbocycles. The summed E-state index contributed by atoms with van der Waals surface area (Å²) in [5, 5.41) is 25.9. The van der Waals surface area contributed by atoms with Gasteiger partial charge in [0.05, 0.1) is 4.88 Å². The zero-order valence-corrected chi connectivity index (χ0v) is 19.2. The molecular formula is C21H15NO2S5. The predicted octanol–water partition coefficient (Wildman–Crippen LogP) is 8.12. The maximum absolute atomic E-state index is 10.2. The van der Waals surface area contributed by atoms with Gasteiger partial charge in [-0.1, -0.05) is 6.07 Å². The number of nitrogens with one attached hydrogen (secondary N) is 1. The summed E-state index contributed by atoms with van der Waals surface area (Å²) in [5.41, 5.74) is 0. The fourth-order valence-corrected chi connectivity index (χ4v) is 8.05. The lowest BCUT2D eigenvalue weighted by Crippen LogP contribution is -1.81. The second-order valence-electron chi connectivity index (χ2n) is 6.18. The van der Waals surface area contributed by atoms with Crippen LogP contribution in [0.5, 0.6) is 11.5 Å². The largest absolute Gasteiger partial charge is 0.503 e. The molecule has 0 spiro atoms. The van der Waals surface area contributed by atoms with E-state index in [0.29, 0.717) is 9.88 Å². The second-order valence-corrected chi connectivity index (χ2v) is 11.4. The van der Waals surface area contributed by atoms with Gasteiger partial charge in [0.2, 0.25) is 0 Å². The number of thiophene rings is 5. The van der Waals surface area contributed by atoms with Crippen molar-refractivity contribution in [2.75, 3.05) is 12.4 Å². The van der Waals surface area contributed by atoms with Crippen molar-refractivity contribution in [1.29, 1.82) is 0 Å². The van der Waals surface area contributed by atoms with Crippen LogP contribution in [0.1, 0.15) is 0 Å². The highest BCUT2D eigenvalue weighted by atomic mass is 32.1. The van der Waals surface area contributed by atoms with Gasteiger partial charge in [-0.05, 0) is 47.8 Å². The topological polar surface area (TPSA) is 52.5 Å². The highest BCUT2D eigenvalue weighted by Crippen LogP contribution is 2.52. The molecule has 5 aromatic rings. The Morgan fingerprint density at radius 2 is 1.14 bits per heavy atom. The number of hydrogen-bond donors (Lipinski definition) is 3. The first-order valence-electron chi connectivity index (χ1n) is 8.71. The van der Waals surface area contributed by atoms with Crippen LogP contribution in [0.3, 0.4) is 0 Å². The Labute approximate surface area is 187 Å². The van der Waals surface area contributed by atoms with Gasteiger partial charge in [0.15, 0.2) is 11.5 Å². The van der Waals surface area contributed by atoms with E-state index in [1.807, 2.05) is 17.4 Å². The van der Waals surface area contributed by atoms with Crippen molar-refractivity contribution in [2.24, 2.45) is 0 Å². The van der Waals surface area contributed by atoms with E-state index in [9.17, 15) is 10.2 Å². The lowest BCUT2D eigenvalue weighted by molar-refractivity contribution is 0.410. The molecule has 146 valence electrons. The van der Waals surface area contributed by atoms with E-state index < -0.39 is 0 Å². The maximum atomic E-state index is 10.2. The number of anilines is 1. The molecule has 0 aliphatic carbocycles. The Balaban J connectivity index is 1.43. The minimum atomic E-state index is -0.0832. The third kappa shape index (κ3) is 3.41. The zero-order valence-electron chi connectivity index (χ0n) is 15.1. The van der Waals surface area contributed by atoms with Crippen molar-refractivity contribution in [3.63, 3.8) is 0 Å². The first kappa shape index (κ1) is 18.9. The van der Waals surface area contributed by atoms with E-state index in [-0.39, 0.29) is 11.5 Å². The Morgan fingerprint density at radius 1 is 0.621 bits per heavy atom. The molecule has 3 nitrogen and oxygen atoms in total. The third-order valence-corrected chi connectivity index (χ3v) is 10.5. The van der Waals surface area contributed by atoms with Gasteiger partial charge in [0, 0.05) is 41.2 Å². The minimum absolute atomic E-state index is 0.0562. The highest BCUT2D eigenvalue weighted by molar-refractivity contribution is 7.30. The van der Waals surface area contributed by atoms with Crippen molar-refractivity contribution < 1.29 is 10.2 Å². The van der Waals surface area contributed by atoms with Crippen LogP contribution in [-0.2, 0) is 0 Å². The molecule has 0 fully saturated rings. The van der Waals surface area contributed by atoms with Crippen LogP contribution in [0.2, 0.25) is 0 Å². The summed E-state index contributed by atoms with van der Waals surface area (Å²) in [4.78, 5) is 9.15. The Kier molecular flexibility index (Phi) is 4.97. The Morgan fingerprint density at radius 3 is 1.62 bits per heavy atom. The van der Waals surface area contributed by atoms with Gasteiger partial charge in [0.25, 0.3) is 0 Å². The number of hydrogen-bond acceptors (Lipinski definition) is 8. The average molecular weight is 474 g/mol. The van der Waals surface area contributed by atoms with Crippen LogP contribution in [0.4, 0.5) is 5.00 Å². The Bertz CT molecular complexity index is 1270. The van der Waals surface area contributed by atoms with Gasteiger partial charge in [-0.25, -0.2) is 0 Å². The van der Waals surface area contributed by atoms with Gasteiger partial charge in [-0.3, -0.25) is 0 Å². The molecule has 29 heavy (non-hydrogen) atoms. The van der Waals surface area contributed by atoms with Crippen molar-refractivity contribution in [3.8, 4) is 50.5 Å². The summed E-state index contributed by atoms with van der Waals surface area (Å²) in [6.45, 7) is 0. The number of rotatable bonds is 5. The van der Waals surface area contributed by atoms with Gasteiger partial charge in [-0.2, -0.15) is 0 Å². The summed E-state index contributed by atoms with van der Waals surface area (Å²) < 4.78 is 0. The highest BCUT2D eigenvalue weighted by Gasteiger charge is 2.19. The quantitative estimate of drug-likeness (QED) is 0.242. The summed E-state index contributed by atoms with van der Waals surface area (Å²) in [5.74, 6) is -0.139. The van der Waals surface area contributed by atoms with E-state index in [1.165, 1.54) is 35.7 Å². The zero-order chi connectivity index (χ0) is 20.0. The molecular weight excluding hydrogens is 459 g/mol. The molecule has 0 bridgehead atoms. The molecule has 0 aliphatic rings. The standard InChI is InChI=1S/C21H15NO2S5/c1-22-21-19(24)18(23)20(29-21)17-9-8-16(28-17)15-7-6-14(27-15)13-5-4-12(26-13)11-3-2-10-25-11/h2-10,22-24H,1H3. The molecule has 0 amide bonds. The molecule has 8 heteroatoms. The molecule has 5 heterocycles.